The summed E-state index contributed by atoms with van der Waals surface area (Å²) in [6, 6.07) is 6.37. The molecule has 2 N–H and O–H groups in total. The lowest BCUT2D eigenvalue weighted by molar-refractivity contribution is 0.348. The summed E-state index contributed by atoms with van der Waals surface area (Å²) in [5.74, 6) is 0.493. The first-order valence-corrected chi connectivity index (χ1v) is 9.54. The van der Waals surface area contributed by atoms with E-state index in [4.69, 9.17) is 0 Å². The monoisotopic (exact) mass is 471 g/mol. The first kappa shape index (κ1) is 23.1. The molecule has 138 valence electrons. The highest BCUT2D eigenvalue weighted by Gasteiger charge is 2.20. The van der Waals surface area contributed by atoms with Gasteiger partial charge in [-0.1, -0.05) is 26.0 Å². The molecule has 8 heteroatoms. The highest BCUT2D eigenvalue weighted by Crippen LogP contribution is 2.19. The molecule has 1 aromatic carbocycles. The van der Waals surface area contributed by atoms with Crippen molar-refractivity contribution in [3.63, 3.8) is 0 Å². The van der Waals surface area contributed by atoms with Gasteiger partial charge >= 0.3 is 0 Å². The Labute approximate surface area is 161 Å². The predicted molar refractivity (Wildman–Crippen MR) is 108 cm³/mol. The standard InChI is InChI=1S/C16H26FN3O2S.HI/c1-16(2,8-9-23(4,21)22)12-20-15(18-3)19-11-13-6-5-7-14(17)10-13;/h5-7,10H,8-9,11-12H2,1-4H3,(H2,18,19,20);1H. The zero-order chi connectivity index (χ0) is 17.5. The van der Waals surface area contributed by atoms with Crippen LogP contribution in [0.2, 0.25) is 0 Å². The van der Waals surface area contributed by atoms with E-state index in [-0.39, 0.29) is 41.0 Å². The van der Waals surface area contributed by atoms with Crippen LogP contribution < -0.4 is 10.6 Å². The van der Waals surface area contributed by atoms with Crippen LogP contribution in [0.4, 0.5) is 4.39 Å². The van der Waals surface area contributed by atoms with Crippen molar-refractivity contribution in [1.82, 2.24) is 10.6 Å². The van der Waals surface area contributed by atoms with E-state index in [0.29, 0.717) is 25.5 Å². The number of sulfone groups is 1. The van der Waals surface area contributed by atoms with Crippen LogP contribution in [-0.4, -0.2) is 40.0 Å². The molecule has 0 aromatic heterocycles. The molecule has 0 atom stereocenters. The van der Waals surface area contributed by atoms with E-state index >= 15 is 0 Å². The van der Waals surface area contributed by atoms with Crippen molar-refractivity contribution in [1.29, 1.82) is 0 Å². The van der Waals surface area contributed by atoms with Gasteiger partial charge in [0.15, 0.2) is 5.96 Å². The second kappa shape index (κ2) is 10.2. The summed E-state index contributed by atoms with van der Waals surface area (Å²) in [5.41, 5.74) is 0.642. The molecule has 0 spiro atoms. The number of hydrogen-bond donors (Lipinski definition) is 2. The smallest absolute Gasteiger partial charge is 0.191 e. The van der Waals surface area contributed by atoms with Crippen molar-refractivity contribution in [2.24, 2.45) is 10.4 Å². The van der Waals surface area contributed by atoms with Gasteiger partial charge in [0.2, 0.25) is 0 Å². The first-order chi connectivity index (χ1) is 10.6. The van der Waals surface area contributed by atoms with Crippen LogP contribution >= 0.6 is 24.0 Å². The van der Waals surface area contributed by atoms with Gasteiger partial charge in [0.25, 0.3) is 0 Å². The van der Waals surface area contributed by atoms with Gasteiger partial charge < -0.3 is 10.6 Å². The number of rotatable bonds is 7. The number of aliphatic imine (C=N–C) groups is 1. The SMILES string of the molecule is CN=C(NCc1cccc(F)c1)NCC(C)(C)CCS(C)(=O)=O.I. The lowest BCUT2D eigenvalue weighted by atomic mass is 9.90. The fourth-order valence-corrected chi connectivity index (χ4v) is 2.85. The fraction of sp³-hybridized carbons (Fsp3) is 0.562. The van der Waals surface area contributed by atoms with E-state index in [0.717, 1.165) is 5.56 Å². The van der Waals surface area contributed by atoms with Gasteiger partial charge in [-0.25, -0.2) is 12.8 Å². The first-order valence-electron chi connectivity index (χ1n) is 7.48. The molecule has 0 radical (unpaired) electrons. The number of hydrogen-bond acceptors (Lipinski definition) is 3. The average molecular weight is 471 g/mol. The lowest BCUT2D eigenvalue weighted by Gasteiger charge is -2.25. The maximum absolute atomic E-state index is 13.1. The quantitative estimate of drug-likeness (QED) is 0.365. The highest BCUT2D eigenvalue weighted by atomic mass is 127. The van der Waals surface area contributed by atoms with E-state index in [1.165, 1.54) is 18.4 Å². The maximum Gasteiger partial charge on any atom is 0.191 e. The summed E-state index contributed by atoms with van der Waals surface area (Å²) in [6.07, 6.45) is 1.82. The summed E-state index contributed by atoms with van der Waals surface area (Å²) in [5, 5.41) is 6.29. The van der Waals surface area contributed by atoms with Crippen LogP contribution in [0.5, 0.6) is 0 Å². The lowest BCUT2D eigenvalue weighted by Crippen LogP contribution is -2.42. The van der Waals surface area contributed by atoms with Crippen LogP contribution in [0.25, 0.3) is 0 Å². The molecule has 0 aliphatic carbocycles. The third-order valence-electron chi connectivity index (χ3n) is 3.46. The minimum absolute atomic E-state index is 0. The molecule has 0 unspecified atom stereocenters. The van der Waals surface area contributed by atoms with E-state index in [2.05, 4.69) is 15.6 Å². The summed E-state index contributed by atoms with van der Waals surface area (Å²) in [4.78, 5) is 4.12. The Morgan fingerprint density at radius 2 is 1.96 bits per heavy atom. The van der Waals surface area contributed by atoms with Gasteiger partial charge in [-0.05, 0) is 29.5 Å². The zero-order valence-electron chi connectivity index (χ0n) is 14.6. The molecule has 1 rings (SSSR count). The predicted octanol–water partition coefficient (Wildman–Crippen LogP) is 2.57. The average Bonchev–Trinajstić information content (AvgIpc) is 2.45. The Balaban J connectivity index is 0.00000529. The van der Waals surface area contributed by atoms with Crippen molar-refractivity contribution < 1.29 is 12.8 Å². The van der Waals surface area contributed by atoms with Gasteiger partial charge in [-0.2, -0.15) is 0 Å². The Morgan fingerprint density at radius 3 is 2.50 bits per heavy atom. The van der Waals surface area contributed by atoms with Crippen molar-refractivity contribution in [3.8, 4) is 0 Å². The fourth-order valence-electron chi connectivity index (χ4n) is 1.93. The zero-order valence-corrected chi connectivity index (χ0v) is 17.7. The van der Waals surface area contributed by atoms with Crippen molar-refractivity contribution in [2.45, 2.75) is 26.8 Å². The van der Waals surface area contributed by atoms with Crippen LogP contribution in [0.15, 0.2) is 29.3 Å². The summed E-state index contributed by atoms with van der Waals surface area (Å²) < 4.78 is 35.7. The second-order valence-corrected chi connectivity index (χ2v) is 8.71. The summed E-state index contributed by atoms with van der Waals surface area (Å²) in [7, 11) is -1.30. The Kier molecular flexibility index (Phi) is 9.79. The second-order valence-electron chi connectivity index (χ2n) is 6.45. The van der Waals surface area contributed by atoms with Gasteiger partial charge in [0.05, 0.1) is 5.75 Å². The minimum Gasteiger partial charge on any atom is -0.356 e. The third-order valence-corrected chi connectivity index (χ3v) is 4.40. The number of benzene rings is 1. The highest BCUT2D eigenvalue weighted by molar-refractivity contribution is 14.0. The molecule has 0 heterocycles. The normalized spacial score (nSPS) is 12.5. The van der Waals surface area contributed by atoms with Gasteiger partial charge in [0.1, 0.15) is 15.7 Å². The molecule has 0 bridgehead atoms. The molecule has 0 saturated heterocycles. The number of nitrogens with zero attached hydrogens (tertiary/aromatic N) is 1. The molecule has 1 aromatic rings. The van der Waals surface area contributed by atoms with E-state index < -0.39 is 9.84 Å². The molecule has 0 aliphatic heterocycles. The molecule has 0 fully saturated rings. The molecule has 0 aliphatic rings. The van der Waals surface area contributed by atoms with Crippen LogP contribution in [-0.2, 0) is 16.4 Å². The summed E-state index contributed by atoms with van der Waals surface area (Å²) in [6.45, 7) is 5.06. The van der Waals surface area contributed by atoms with Crippen molar-refractivity contribution >= 4 is 39.8 Å². The van der Waals surface area contributed by atoms with Crippen LogP contribution in [0.3, 0.4) is 0 Å². The molecule has 0 amide bonds. The number of halogens is 2. The molecular formula is C16H27FIN3O2S. The van der Waals surface area contributed by atoms with Gasteiger partial charge in [0, 0.05) is 26.4 Å². The van der Waals surface area contributed by atoms with Gasteiger partial charge in [-0.3, -0.25) is 4.99 Å². The molecule has 24 heavy (non-hydrogen) atoms. The number of guanidine groups is 1. The molecular weight excluding hydrogens is 444 g/mol. The minimum atomic E-state index is -2.96. The van der Waals surface area contributed by atoms with Crippen LogP contribution in [0.1, 0.15) is 25.8 Å². The topological polar surface area (TPSA) is 70.6 Å². The van der Waals surface area contributed by atoms with Gasteiger partial charge in [-0.15, -0.1) is 24.0 Å². The molecule has 0 saturated carbocycles. The largest absolute Gasteiger partial charge is 0.356 e. The Hall–Kier alpha value is -0.900. The summed E-state index contributed by atoms with van der Waals surface area (Å²) >= 11 is 0. The van der Waals surface area contributed by atoms with E-state index in [1.54, 1.807) is 13.1 Å². The Bertz CT molecular complexity index is 648. The third kappa shape index (κ3) is 10.1. The Morgan fingerprint density at radius 1 is 1.29 bits per heavy atom. The maximum atomic E-state index is 13.1. The van der Waals surface area contributed by atoms with Crippen molar-refractivity contribution in [3.05, 3.63) is 35.6 Å². The van der Waals surface area contributed by atoms with E-state index in [9.17, 15) is 12.8 Å². The van der Waals surface area contributed by atoms with Crippen LogP contribution in [0, 0.1) is 11.2 Å². The van der Waals surface area contributed by atoms with Crippen molar-refractivity contribution in [2.75, 3.05) is 25.6 Å². The number of nitrogens with one attached hydrogen (secondary N) is 2. The molecule has 5 nitrogen and oxygen atoms in total. The van der Waals surface area contributed by atoms with E-state index in [1.807, 2.05) is 19.9 Å².